The number of anilines is 2. The van der Waals surface area contributed by atoms with E-state index in [1.54, 1.807) is 10.9 Å². The van der Waals surface area contributed by atoms with E-state index < -0.39 is 0 Å². The first-order chi connectivity index (χ1) is 15.2. The first kappa shape index (κ1) is 19.4. The van der Waals surface area contributed by atoms with Crippen LogP contribution in [-0.4, -0.2) is 38.3 Å². The molecule has 2 aromatic heterocycles. The molecule has 0 saturated carbocycles. The third-order valence-corrected chi connectivity index (χ3v) is 5.92. The molecule has 0 unspecified atom stereocenters. The van der Waals surface area contributed by atoms with E-state index in [4.69, 9.17) is 4.98 Å². The summed E-state index contributed by atoms with van der Waals surface area (Å²) in [6.45, 7) is 2.53. The van der Waals surface area contributed by atoms with Crippen molar-refractivity contribution in [3.8, 4) is 0 Å². The fourth-order valence-electron chi connectivity index (χ4n) is 4.27. The largest absolute Gasteiger partial charge is 0.371 e. The molecule has 1 N–H and O–H groups in total. The molecule has 0 atom stereocenters. The van der Waals surface area contributed by atoms with Crippen LogP contribution in [0, 0.1) is 0 Å². The smallest absolute Gasteiger partial charge is 0.257 e. The van der Waals surface area contributed by atoms with Crippen LogP contribution in [-0.2, 0) is 13.6 Å². The van der Waals surface area contributed by atoms with E-state index >= 15 is 0 Å². The van der Waals surface area contributed by atoms with Crippen molar-refractivity contribution in [3.63, 3.8) is 0 Å². The first-order valence-corrected chi connectivity index (χ1v) is 10.8. The van der Waals surface area contributed by atoms with Gasteiger partial charge in [0, 0.05) is 32.0 Å². The second-order valence-electron chi connectivity index (χ2n) is 8.02. The molecule has 0 radical (unpaired) electrons. The fraction of sp³-hybridized carbons (Fsp3) is 0.292. The van der Waals surface area contributed by atoms with Gasteiger partial charge in [-0.2, -0.15) is 5.10 Å². The molecule has 1 saturated heterocycles. The number of aryl methyl sites for hydroxylation is 1. The van der Waals surface area contributed by atoms with Crippen molar-refractivity contribution in [3.05, 3.63) is 72.3 Å². The summed E-state index contributed by atoms with van der Waals surface area (Å²) in [4.78, 5) is 20.0. The van der Waals surface area contributed by atoms with Gasteiger partial charge in [0.2, 0.25) is 0 Å². The van der Waals surface area contributed by atoms with Gasteiger partial charge < -0.3 is 14.8 Å². The SMILES string of the molecule is Cn1c(Cn2cc(NC(=O)c3ccccc3N3CCCCC3)cn2)nc2ccccc21. The maximum atomic E-state index is 13.0. The Morgan fingerprint density at radius 1 is 1.03 bits per heavy atom. The number of hydrogen-bond acceptors (Lipinski definition) is 4. The highest BCUT2D eigenvalue weighted by molar-refractivity contribution is 6.08. The van der Waals surface area contributed by atoms with Crippen LogP contribution in [0.25, 0.3) is 11.0 Å². The van der Waals surface area contributed by atoms with Gasteiger partial charge in [0.25, 0.3) is 5.91 Å². The molecule has 158 valence electrons. The monoisotopic (exact) mass is 414 g/mol. The van der Waals surface area contributed by atoms with E-state index in [9.17, 15) is 4.79 Å². The van der Waals surface area contributed by atoms with Crippen molar-refractivity contribution in [1.29, 1.82) is 0 Å². The highest BCUT2D eigenvalue weighted by Crippen LogP contribution is 2.25. The quantitative estimate of drug-likeness (QED) is 0.535. The average Bonchev–Trinajstić information content (AvgIpc) is 3.38. The third-order valence-electron chi connectivity index (χ3n) is 5.92. The molecule has 0 aliphatic carbocycles. The van der Waals surface area contributed by atoms with Crippen molar-refractivity contribution >= 4 is 28.3 Å². The van der Waals surface area contributed by atoms with Crippen molar-refractivity contribution in [2.24, 2.45) is 7.05 Å². The van der Waals surface area contributed by atoms with Crippen LogP contribution < -0.4 is 10.2 Å². The van der Waals surface area contributed by atoms with Crippen molar-refractivity contribution in [1.82, 2.24) is 19.3 Å². The summed E-state index contributed by atoms with van der Waals surface area (Å²) in [5.41, 5.74) is 4.44. The zero-order chi connectivity index (χ0) is 21.2. The van der Waals surface area contributed by atoms with E-state index in [2.05, 4.69) is 25.9 Å². The Labute approximate surface area is 181 Å². The minimum Gasteiger partial charge on any atom is -0.371 e. The summed E-state index contributed by atoms with van der Waals surface area (Å²) < 4.78 is 3.87. The van der Waals surface area contributed by atoms with Crippen LogP contribution in [0.4, 0.5) is 11.4 Å². The number of piperidine rings is 1. The summed E-state index contributed by atoms with van der Waals surface area (Å²) in [6.07, 6.45) is 7.14. The lowest BCUT2D eigenvalue weighted by Gasteiger charge is -2.30. The zero-order valence-corrected chi connectivity index (χ0v) is 17.7. The van der Waals surface area contributed by atoms with Crippen molar-refractivity contribution in [2.75, 3.05) is 23.3 Å². The van der Waals surface area contributed by atoms with E-state index in [0.29, 0.717) is 17.8 Å². The van der Waals surface area contributed by atoms with Gasteiger partial charge in [-0.25, -0.2) is 4.98 Å². The molecule has 31 heavy (non-hydrogen) atoms. The van der Waals surface area contributed by atoms with E-state index in [-0.39, 0.29) is 5.91 Å². The van der Waals surface area contributed by atoms with Crippen LogP contribution in [0.5, 0.6) is 0 Å². The van der Waals surface area contributed by atoms with Gasteiger partial charge in [-0.1, -0.05) is 24.3 Å². The predicted molar refractivity (Wildman–Crippen MR) is 123 cm³/mol. The Hall–Kier alpha value is -3.61. The van der Waals surface area contributed by atoms with E-state index in [0.717, 1.165) is 35.6 Å². The molecule has 5 rings (SSSR count). The minimum atomic E-state index is -0.108. The van der Waals surface area contributed by atoms with E-state index in [1.165, 1.54) is 19.3 Å². The van der Waals surface area contributed by atoms with E-state index in [1.807, 2.05) is 55.7 Å². The normalized spacial score (nSPS) is 14.2. The Morgan fingerprint density at radius 2 is 1.81 bits per heavy atom. The molecule has 0 bridgehead atoms. The fourth-order valence-corrected chi connectivity index (χ4v) is 4.27. The summed E-state index contributed by atoms with van der Waals surface area (Å²) in [5, 5.41) is 7.43. The predicted octanol–water partition coefficient (Wildman–Crippen LogP) is 4.06. The highest BCUT2D eigenvalue weighted by Gasteiger charge is 2.18. The maximum absolute atomic E-state index is 13.0. The highest BCUT2D eigenvalue weighted by atomic mass is 16.1. The molecular weight excluding hydrogens is 388 g/mol. The number of benzene rings is 2. The maximum Gasteiger partial charge on any atom is 0.257 e. The molecule has 7 nitrogen and oxygen atoms in total. The molecule has 2 aromatic carbocycles. The number of nitrogens with zero attached hydrogens (tertiary/aromatic N) is 5. The Balaban J connectivity index is 1.32. The van der Waals surface area contributed by atoms with Crippen molar-refractivity contribution < 1.29 is 4.79 Å². The molecule has 1 fully saturated rings. The molecule has 1 aliphatic rings. The lowest BCUT2D eigenvalue weighted by molar-refractivity contribution is 0.102. The van der Waals surface area contributed by atoms with Gasteiger partial charge in [-0.15, -0.1) is 0 Å². The lowest BCUT2D eigenvalue weighted by atomic mass is 10.1. The summed E-state index contributed by atoms with van der Waals surface area (Å²) in [7, 11) is 2.01. The second-order valence-corrected chi connectivity index (χ2v) is 8.02. The molecule has 1 amide bonds. The number of imidazole rings is 1. The Morgan fingerprint density at radius 3 is 2.65 bits per heavy atom. The van der Waals surface area contributed by atoms with Gasteiger partial charge in [0.15, 0.2) is 0 Å². The topological polar surface area (TPSA) is 68.0 Å². The van der Waals surface area contributed by atoms with Crippen LogP contribution in [0.15, 0.2) is 60.9 Å². The van der Waals surface area contributed by atoms with Gasteiger partial charge in [-0.05, 0) is 43.5 Å². The number of aromatic nitrogens is 4. The molecule has 3 heterocycles. The number of fused-ring (bicyclic) bond motifs is 1. The molecular formula is C24H26N6O. The van der Waals surface area contributed by atoms with Crippen LogP contribution in [0.2, 0.25) is 0 Å². The van der Waals surface area contributed by atoms with Crippen LogP contribution in [0.1, 0.15) is 35.4 Å². The number of carbonyl (C=O) groups is 1. The van der Waals surface area contributed by atoms with Crippen molar-refractivity contribution in [2.45, 2.75) is 25.8 Å². The number of rotatable bonds is 5. The van der Waals surface area contributed by atoms with Gasteiger partial charge in [-0.3, -0.25) is 9.48 Å². The average molecular weight is 415 g/mol. The second kappa shape index (κ2) is 8.26. The third kappa shape index (κ3) is 3.91. The summed E-state index contributed by atoms with van der Waals surface area (Å²) in [5.74, 6) is 0.807. The lowest BCUT2D eigenvalue weighted by Crippen LogP contribution is -2.31. The summed E-state index contributed by atoms with van der Waals surface area (Å²) in [6, 6.07) is 15.9. The number of hydrogen-bond donors (Lipinski definition) is 1. The van der Waals surface area contributed by atoms with Gasteiger partial charge >= 0.3 is 0 Å². The first-order valence-electron chi connectivity index (χ1n) is 10.8. The molecule has 0 spiro atoms. The van der Waals surface area contributed by atoms with Gasteiger partial charge in [0.05, 0.1) is 35.0 Å². The molecule has 4 aromatic rings. The zero-order valence-electron chi connectivity index (χ0n) is 17.7. The number of carbonyl (C=O) groups excluding carboxylic acids is 1. The Kier molecular flexibility index (Phi) is 5.16. The standard InChI is InChI=1S/C24H26N6O/c1-28-22-12-6-4-10-20(22)27-23(28)17-30-16-18(15-25-30)26-24(31)19-9-3-5-11-21(19)29-13-7-2-8-14-29/h3-6,9-12,15-16H,2,7-8,13-14,17H2,1H3,(H,26,31). The van der Waals surface area contributed by atoms with Crippen LogP contribution >= 0.6 is 0 Å². The van der Waals surface area contributed by atoms with Crippen LogP contribution in [0.3, 0.4) is 0 Å². The van der Waals surface area contributed by atoms with Gasteiger partial charge in [0.1, 0.15) is 5.82 Å². The Bertz CT molecular complexity index is 1220. The number of amides is 1. The number of nitrogens with one attached hydrogen (secondary N) is 1. The molecule has 7 heteroatoms. The molecule has 1 aliphatic heterocycles. The summed E-state index contributed by atoms with van der Waals surface area (Å²) >= 11 is 0. The number of para-hydroxylation sites is 3. The minimum absolute atomic E-state index is 0.108.